The van der Waals surface area contributed by atoms with Crippen LogP contribution in [0.4, 0.5) is 0 Å². The van der Waals surface area contributed by atoms with Gasteiger partial charge in [0, 0.05) is 10.0 Å². The topological polar surface area (TPSA) is 9.23 Å². The van der Waals surface area contributed by atoms with E-state index in [1.807, 2.05) is 12.1 Å². The predicted molar refractivity (Wildman–Crippen MR) is 73.6 cm³/mol. The number of benzene rings is 1. The van der Waals surface area contributed by atoms with E-state index >= 15 is 0 Å². The third-order valence-corrected chi connectivity index (χ3v) is 5.27. The molecule has 0 aromatic heterocycles. The van der Waals surface area contributed by atoms with Crippen molar-refractivity contribution in [1.82, 2.24) is 0 Å². The van der Waals surface area contributed by atoms with Crippen LogP contribution in [-0.2, 0) is 0 Å². The van der Waals surface area contributed by atoms with E-state index in [2.05, 4.69) is 22.0 Å². The van der Waals surface area contributed by atoms with Gasteiger partial charge in [0.15, 0.2) is 0 Å². The average molecular weight is 316 g/mol. The highest BCUT2D eigenvalue weighted by atomic mass is 79.9. The fourth-order valence-corrected chi connectivity index (χ4v) is 3.93. The normalized spacial score (nSPS) is 32.1. The Hall–Kier alpha value is -0.210. The first kappa shape index (κ1) is 11.9. The maximum Gasteiger partial charge on any atom is 0.123 e. The molecule has 0 bridgehead atoms. The Morgan fingerprint density at radius 3 is 2.65 bits per heavy atom. The molecule has 0 saturated heterocycles. The number of hydrogen-bond donors (Lipinski definition) is 0. The van der Waals surface area contributed by atoms with E-state index in [0.717, 1.165) is 27.6 Å². The van der Waals surface area contributed by atoms with Crippen LogP contribution in [0, 0.1) is 17.8 Å². The van der Waals surface area contributed by atoms with Crippen molar-refractivity contribution >= 4 is 27.5 Å². The molecule has 17 heavy (non-hydrogen) atoms. The first-order valence-corrected chi connectivity index (χ1v) is 7.39. The standard InChI is InChI=1S/C14H16BrClO/c1-17-13-3-2-11(15)7-12(13)14(16)10-5-8-4-9(8)6-10/h2-3,7-10,14H,4-6H2,1H3. The molecule has 1 nitrogen and oxygen atoms in total. The minimum absolute atomic E-state index is 0.0928. The molecule has 3 atom stereocenters. The smallest absolute Gasteiger partial charge is 0.123 e. The third-order valence-electron chi connectivity index (χ3n) is 4.18. The number of fused-ring (bicyclic) bond motifs is 1. The van der Waals surface area contributed by atoms with E-state index in [0.29, 0.717) is 5.92 Å². The summed E-state index contributed by atoms with van der Waals surface area (Å²) in [5.41, 5.74) is 1.13. The van der Waals surface area contributed by atoms with E-state index in [-0.39, 0.29) is 5.38 Å². The summed E-state index contributed by atoms with van der Waals surface area (Å²) in [5.74, 6) is 3.48. The van der Waals surface area contributed by atoms with Crippen LogP contribution < -0.4 is 4.74 Å². The van der Waals surface area contributed by atoms with Crippen LogP contribution in [0.15, 0.2) is 22.7 Å². The van der Waals surface area contributed by atoms with Gasteiger partial charge in [-0.15, -0.1) is 11.6 Å². The zero-order chi connectivity index (χ0) is 12.0. The van der Waals surface area contributed by atoms with Gasteiger partial charge in [-0.3, -0.25) is 0 Å². The fraction of sp³-hybridized carbons (Fsp3) is 0.571. The van der Waals surface area contributed by atoms with Crippen molar-refractivity contribution in [2.75, 3.05) is 7.11 Å². The monoisotopic (exact) mass is 314 g/mol. The molecular weight excluding hydrogens is 300 g/mol. The zero-order valence-corrected chi connectivity index (χ0v) is 12.2. The van der Waals surface area contributed by atoms with Crippen LogP contribution in [0.3, 0.4) is 0 Å². The van der Waals surface area contributed by atoms with Crippen LogP contribution in [0.25, 0.3) is 0 Å². The Bertz CT molecular complexity index is 424. The van der Waals surface area contributed by atoms with Gasteiger partial charge in [-0.05, 0) is 55.2 Å². The Balaban J connectivity index is 1.84. The molecule has 3 unspecified atom stereocenters. The molecule has 92 valence electrons. The summed E-state index contributed by atoms with van der Waals surface area (Å²) < 4.78 is 6.49. The fourth-order valence-electron chi connectivity index (χ4n) is 3.18. The van der Waals surface area contributed by atoms with E-state index in [1.54, 1.807) is 7.11 Å². The quantitative estimate of drug-likeness (QED) is 0.729. The van der Waals surface area contributed by atoms with Crippen LogP contribution in [-0.4, -0.2) is 7.11 Å². The summed E-state index contributed by atoms with van der Waals surface area (Å²) in [6.07, 6.45) is 4.04. The maximum atomic E-state index is 6.65. The number of methoxy groups -OCH3 is 1. The largest absolute Gasteiger partial charge is 0.496 e. The number of hydrogen-bond acceptors (Lipinski definition) is 1. The number of ether oxygens (including phenoxy) is 1. The molecule has 0 aliphatic heterocycles. The third kappa shape index (κ3) is 2.22. The zero-order valence-electron chi connectivity index (χ0n) is 9.83. The van der Waals surface area contributed by atoms with Gasteiger partial charge in [0.1, 0.15) is 5.75 Å². The van der Waals surface area contributed by atoms with Crippen LogP contribution >= 0.6 is 27.5 Å². The summed E-state index contributed by atoms with van der Waals surface area (Å²) in [6, 6.07) is 6.09. The first-order valence-electron chi connectivity index (χ1n) is 6.16. The lowest BCUT2D eigenvalue weighted by Gasteiger charge is -2.21. The van der Waals surface area contributed by atoms with Crippen molar-refractivity contribution in [1.29, 1.82) is 0 Å². The number of halogens is 2. The molecule has 0 amide bonds. The van der Waals surface area contributed by atoms with Gasteiger partial charge < -0.3 is 4.74 Å². The summed E-state index contributed by atoms with van der Waals surface area (Å²) in [6.45, 7) is 0. The van der Waals surface area contributed by atoms with Gasteiger partial charge in [0.25, 0.3) is 0 Å². The molecule has 0 radical (unpaired) electrons. The van der Waals surface area contributed by atoms with E-state index in [1.165, 1.54) is 19.3 Å². The van der Waals surface area contributed by atoms with E-state index < -0.39 is 0 Å². The lowest BCUT2D eigenvalue weighted by atomic mass is 9.93. The van der Waals surface area contributed by atoms with Crippen molar-refractivity contribution in [2.45, 2.75) is 24.6 Å². The first-order chi connectivity index (χ1) is 8.19. The van der Waals surface area contributed by atoms with Gasteiger partial charge in [-0.2, -0.15) is 0 Å². The highest BCUT2D eigenvalue weighted by Crippen LogP contribution is 2.58. The summed E-state index contributed by atoms with van der Waals surface area (Å²) in [5, 5.41) is 0.0928. The molecule has 2 fully saturated rings. The maximum absolute atomic E-state index is 6.65. The molecule has 0 spiro atoms. The van der Waals surface area contributed by atoms with E-state index in [4.69, 9.17) is 16.3 Å². The van der Waals surface area contributed by atoms with Gasteiger partial charge in [0.2, 0.25) is 0 Å². The number of rotatable bonds is 3. The molecule has 1 aromatic carbocycles. The van der Waals surface area contributed by atoms with Crippen molar-refractivity contribution in [3.63, 3.8) is 0 Å². The average Bonchev–Trinajstić information content (AvgIpc) is 2.95. The highest BCUT2D eigenvalue weighted by molar-refractivity contribution is 9.10. The Morgan fingerprint density at radius 1 is 1.29 bits per heavy atom. The molecule has 3 heteroatoms. The Kier molecular flexibility index (Phi) is 3.12. The second-order valence-corrected chi connectivity index (χ2v) is 6.66. The van der Waals surface area contributed by atoms with Crippen molar-refractivity contribution in [3.8, 4) is 5.75 Å². The number of alkyl halides is 1. The minimum Gasteiger partial charge on any atom is -0.496 e. The lowest BCUT2D eigenvalue weighted by Crippen LogP contribution is -2.07. The van der Waals surface area contributed by atoms with Gasteiger partial charge >= 0.3 is 0 Å². The van der Waals surface area contributed by atoms with Crippen LogP contribution in [0.2, 0.25) is 0 Å². The predicted octanol–water partition coefficient (Wildman–Crippen LogP) is 4.78. The van der Waals surface area contributed by atoms with Crippen LogP contribution in [0.5, 0.6) is 5.75 Å². The Morgan fingerprint density at radius 2 is 2.00 bits per heavy atom. The summed E-state index contributed by atoms with van der Waals surface area (Å²) in [4.78, 5) is 0. The molecule has 2 aliphatic rings. The van der Waals surface area contributed by atoms with Crippen molar-refractivity contribution in [3.05, 3.63) is 28.2 Å². The van der Waals surface area contributed by atoms with Gasteiger partial charge in [-0.1, -0.05) is 15.9 Å². The molecule has 2 saturated carbocycles. The molecule has 2 aliphatic carbocycles. The Labute approximate surface area is 116 Å². The second kappa shape index (κ2) is 4.47. The minimum atomic E-state index is 0.0928. The lowest BCUT2D eigenvalue weighted by molar-refractivity contribution is 0.397. The van der Waals surface area contributed by atoms with Crippen LogP contribution in [0.1, 0.15) is 30.2 Å². The summed E-state index contributed by atoms with van der Waals surface area (Å²) in [7, 11) is 1.71. The van der Waals surface area contributed by atoms with Gasteiger partial charge in [0.05, 0.1) is 12.5 Å². The molecule has 3 rings (SSSR count). The van der Waals surface area contributed by atoms with Crippen molar-refractivity contribution in [2.24, 2.45) is 17.8 Å². The molecular formula is C14H16BrClO. The highest BCUT2D eigenvalue weighted by Gasteiger charge is 2.48. The summed E-state index contributed by atoms with van der Waals surface area (Å²) >= 11 is 10.2. The van der Waals surface area contributed by atoms with Gasteiger partial charge in [-0.25, -0.2) is 0 Å². The van der Waals surface area contributed by atoms with Crippen molar-refractivity contribution < 1.29 is 4.74 Å². The second-order valence-electron chi connectivity index (χ2n) is 5.28. The molecule has 0 heterocycles. The molecule has 1 aromatic rings. The van der Waals surface area contributed by atoms with E-state index in [9.17, 15) is 0 Å². The SMILES string of the molecule is COc1ccc(Br)cc1C(Cl)C1CC2CC2C1. The molecule has 0 N–H and O–H groups in total.